The Morgan fingerprint density at radius 3 is 2.46 bits per heavy atom. The highest BCUT2D eigenvalue weighted by atomic mass is 35.5. The number of halogens is 4. The second-order valence-corrected chi connectivity index (χ2v) is 7.20. The van der Waals surface area contributed by atoms with Crippen LogP contribution in [0.25, 0.3) is 0 Å². The van der Waals surface area contributed by atoms with Crippen LogP contribution in [0.5, 0.6) is 0 Å². The van der Waals surface area contributed by atoms with Crippen molar-refractivity contribution >= 4 is 38.8 Å². The van der Waals surface area contributed by atoms with E-state index in [-0.39, 0.29) is 28.0 Å². The first-order valence-electron chi connectivity index (χ1n) is 6.71. The van der Waals surface area contributed by atoms with Crippen molar-refractivity contribution < 1.29 is 21.6 Å². The van der Waals surface area contributed by atoms with Crippen molar-refractivity contribution in [2.45, 2.75) is 13.1 Å². The number of pyridine rings is 1. The molecular formula is C14H13ClF3N3O2S. The third kappa shape index (κ3) is 4.75. The van der Waals surface area contributed by atoms with Gasteiger partial charge < -0.3 is 5.32 Å². The van der Waals surface area contributed by atoms with E-state index in [4.69, 9.17) is 11.6 Å². The first kappa shape index (κ1) is 18.3. The predicted octanol–water partition coefficient (Wildman–Crippen LogP) is 4.26. The van der Waals surface area contributed by atoms with Crippen molar-refractivity contribution in [3.8, 4) is 0 Å². The van der Waals surface area contributed by atoms with Crippen molar-refractivity contribution in [3.63, 3.8) is 0 Å². The summed E-state index contributed by atoms with van der Waals surface area (Å²) in [6.45, 7) is 1.47. The molecule has 1 aromatic carbocycles. The SMILES string of the molecule is CCS(=O)(=O)Nc1ccc(Nc2ccc(Cl)cc2C(F)(F)F)cn1. The number of nitrogens with one attached hydrogen (secondary N) is 2. The van der Waals surface area contributed by atoms with Gasteiger partial charge in [0.2, 0.25) is 10.0 Å². The number of sulfonamides is 1. The topological polar surface area (TPSA) is 71.1 Å². The fourth-order valence-corrected chi connectivity index (χ4v) is 2.53. The summed E-state index contributed by atoms with van der Waals surface area (Å²) in [5.74, 6) is -0.0384. The fraction of sp³-hybridized carbons (Fsp3) is 0.214. The molecule has 0 spiro atoms. The highest BCUT2D eigenvalue weighted by Crippen LogP contribution is 2.37. The van der Waals surface area contributed by atoms with E-state index in [1.54, 1.807) is 0 Å². The maximum absolute atomic E-state index is 13.0. The van der Waals surface area contributed by atoms with Crippen molar-refractivity contribution in [3.05, 3.63) is 47.1 Å². The second kappa shape index (κ2) is 6.86. The van der Waals surface area contributed by atoms with Crippen LogP contribution in [0.1, 0.15) is 12.5 Å². The molecule has 1 heterocycles. The summed E-state index contributed by atoms with van der Waals surface area (Å²) in [4.78, 5) is 3.86. The molecule has 0 radical (unpaired) electrons. The van der Waals surface area contributed by atoms with Crippen molar-refractivity contribution in [1.29, 1.82) is 0 Å². The predicted molar refractivity (Wildman–Crippen MR) is 87.1 cm³/mol. The van der Waals surface area contributed by atoms with E-state index < -0.39 is 21.8 Å². The summed E-state index contributed by atoms with van der Waals surface area (Å²) in [7, 11) is -3.47. The summed E-state index contributed by atoms with van der Waals surface area (Å²) >= 11 is 5.62. The lowest BCUT2D eigenvalue weighted by atomic mass is 10.1. The van der Waals surface area contributed by atoms with Crippen LogP contribution < -0.4 is 10.0 Å². The maximum atomic E-state index is 13.0. The molecule has 2 aromatic rings. The van der Waals surface area contributed by atoms with Crippen LogP contribution in [-0.4, -0.2) is 19.2 Å². The van der Waals surface area contributed by atoms with E-state index in [0.717, 1.165) is 6.07 Å². The Morgan fingerprint density at radius 1 is 1.21 bits per heavy atom. The third-order valence-corrected chi connectivity index (χ3v) is 4.48. The van der Waals surface area contributed by atoms with Crippen LogP contribution in [-0.2, 0) is 16.2 Å². The molecule has 0 fully saturated rings. The van der Waals surface area contributed by atoms with Gasteiger partial charge >= 0.3 is 6.18 Å². The number of hydrogen-bond acceptors (Lipinski definition) is 4. The second-order valence-electron chi connectivity index (χ2n) is 4.75. The van der Waals surface area contributed by atoms with Crippen LogP contribution in [0.4, 0.5) is 30.4 Å². The highest BCUT2D eigenvalue weighted by Gasteiger charge is 2.33. The molecule has 0 bridgehead atoms. The van der Waals surface area contributed by atoms with Crippen LogP contribution in [0.15, 0.2) is 36.5 Å². The van der Waals surface area contributed by atoms with Gasteiger partial charge in [0.25, 0.3) is 0 Å². The molecule has 0 aliphatic carbocycles. The molecule has 0 aliphatic heterocycles. The third-order valence-electron chi connectivity index (χ3n) is 2.97. The van der Waals surface area contributed by atoms with E-state index in [2.05, 4.69) is 15.0 Å². The summed E-state index contributed by atoms with van der Waals surface area (Å²) in [5.41, 5.74) is -0.830. The fourth-order valence-electron chi connectivity index (χ4n) is 1.78. The lowest BCUT2D eigenvalue weighted by Gasteiger charge is -2.15. The highest BCUT2D eigenvalue weighted by molar-refractivity contribution is 7.92. The molecule has 10 heteroatoms. The number of anilines is 3. The molecule has 24 heavy (non-hydrogen) atoms. The van der Waals surface area contributed by atoms with Gasteiger partial charge in [0.05, 0.1) is 28.9 Å². The molecule has 0 unspecified atom stereocenters. The maximum Gasteiger partial charge on any atom is 0.418 e. The van der Waals surface area contributed by atoms with Gasteiger partial charge in [0, 0.05) is 5.02 Å². The zero-order valence-electron chi connectivity index (χ0n) is 12.4. The molecule has 130 valence electrons. The van der Waals surface area contributed by atoms with Gasteiger partial charge in [-0.1, -0.05) is 11.6 Å². The molecule has 0 saturated carbocycles. The van der Waals surface area contributed by atoms with Crippen LogP contribution in [0.3, 0.4) is 0 Å². The normalized spacial score (nSPS) is 12.0. The van der Waals surface area contributed by atoms with Gasteiger partial charge in [0.15, 0.2) is 0 Å². The zero-order valence-corrected chi connectivity index (χ0v) is 13.9. The number of benzene rings is 1. The molecule has 0 aliphatic rings. The van der Waals surface area contributed by atoms with Gasteiger partial charge in [-0.15, -0.1) is 0 Å². The minimum atomic E-state index is -4.57. The molecule has 5 nitrogen and oxygen atoms in total. The molecule has 2 N–H and O–H groups in total. The minimum Gasteiger partial charge on any atom is -0.354 e. The molecule has 1 aromatic heterocycles. The summed E-state index contributed by atoms with van der Waals surface area (Å²) in [6, 6.07) is 6.12. The summed E-state index contributed by atoms with van der Waals surface area (Å²) in [6.07, 6.45) is -3.35. The first-order chi connectivity index (χ1) is 11.1. The minimum absolute atomic E-state index is 0.0321. The standard InChI is InChI=1S/C14H13ClF3N3O2S/c1-2-24(22,23)21-13-6-4-10(8-19-13)20-12-5-3-9(15)7-11(12)14(16,17)18/h3-8,20H,2H2,1H3,(H,19,21). The average molecular weight is 380 g/mol. The van der Waals surface area contributed by atoms with Crippen molar-refractivity contribution in [2.75, 3.05) is 15.8 Å². The van der Waals surface area contributed by atoms with Gasteiger partial charge in [0.1, 0.15) is 5.82 Å². The Hall–Kier alpha value is -2.00. The summed E-state index contributed by atoms with van der Waals surface area (Å²) < 4.78 is 64.2. The van der Waals surface area contributed by atoms with Gasteiger partial charge in [-0.3, -0.25) is 4.72 Å². The monoisotopic (exact) mass is 379 g/mol. The van der Waals surface area contributed by atoms with Gasteiger partial charge in [-0.05, 0) is 37.3 Å². The lowest BCUT2D eigenvalue weighted by Crippen LogP contribution is -2.15. The largest absolute Gasteiger partial charge is 0.418 e. The van der Waals surface area contributed by atoms with Gasteiger partial charge in [-0.25, -0.2) is 13.4 Å². The smallest absolute Gasteiger partial charge is 0.354 e. The number of rotatable bonds is 5. The zero-order chi connectivity index (χ0) is 18.0. The molecule has 0 amide bonds. The molecule has 2 rings (SSSR count). The summed E-state index contributed by atoms with van der Waals surface area (Å²) in [5, 5.41) is 2.56. The van der Waals surface area contributed by atoms with Crippen LogP contribution in [0.2, 0.25) is 5.02 Å². The Morgan fingerprint density at radius 2 is 1.92 bits per heavy atom. The molecular weight excluding hydrogens is 367 g/mol. The number of aromatic nitrogens is 1. The van der Waals surface area contributed by atoms with E-state index in [1.807, 2.05) is 0 Å². The van der Waals surface area contributed by atoms with E-state index in [1.165, 1.54) is 37.4 Å². The molecule has 0 saturated heterocycles. The average Bonchev–Trinajstić information content (AvgIpc) is 2.50. The van der Waals surface area contributed by atoms with Crippen molar-refractivity contribution in [1.82, 2.24) is 4.98 Å². The lowest BCUT2D eigenvalue weighted by molar-refractivity contribution is -0.136. The van der Waals surface area contributed by atoms with Crippen molar-refractivity contribution in [2.24, 2.45) is 0 Å². The quantitative estimate of drug-likeness (QED) is 0.814. The van der Waals surface area contributed by atoms with Crippen LogP contribution in [0, 0.1) is 0 Å². The molecule has 0 atom stereocenters. The Kier molecular flexibility index (Phi) is 5.24. The number of nitrogens with zero attached hydrogens (tertiary/aromatic N) is 1. The first-order valence-corrected chi connectivity index (χ1v) is 8.74. The van der Waals surface area contributed by atoms with E-state index in [0.29, 0.717) is 0 Å². The number of alkyl halides is 3. The van der Waals surface area contributed by atoms with Gasteiger partial charge in [-0.2, -0.15) is 13.2 Å². The van der Waals surface area contributed by atoms with E-state index >= 15 is 0 Å². The van der Waals surface area contributed by atoms with E-state index in [9.17, 15) is 21.6 Å². The Labute approximate surface area is 141 Å². The Bertz CT molecular complexity index is 824. The number of hydrogen-bond donors (Lipinski definition) is 2. The van der Waals surface area contributed by atoms with Crippen LogP contribution >= 0.6 is 11.6 Å². The Balaban J connectivity index is 2.24.